The van der Waals surface area contributed by atoms with Crippen molar-refractivity contribution in [1.29, 1.82) is 0 Å². The average Bonchev–Trinajstić information content (AvgIpc) is 3.31. The predicted molar refractivity (Wildman–Crippen MR) is 128 cm³/mol. The molecular formula is C26H22FN5O3. The summed E-state index contributed by atoms with van der Waals surface area (Å²) < 4.78 is 20.1. The van der Waals surface area contributed by atoms with E-state index in [-0.39, 0.29) is 24.2 Å². The van der Waals surface area contributed by atoms with Crippen molar-refractivity contribution < 1.29 is 18.7 Å². The lowest BCUT2D eigenvalue weighted by molar-refractivity contribution is -0.120. The number of rotatable bonds is 5. The summed E-state index contributed by atoms with van der Waals surface area (Å²) in [5, 5.41) is 9.42. The number of halogens is 1. The standard InChI is InChI=1S/C26H22FN5O3/c1-32-21-14-17(18-9-5-6-10-19(18)27)11-12-22(21)35-15-20(26(32)34)28-25(33)24-29-23(30-31-24)13-16-7-3-2-4-8-16/h2-12,14,20H,13,15H2,1H3,(H,28,33)(H,29,30,31)/t20-/m0/s1. The predicted octanol–water partition coefficient (Wildman–Crippen LogP) is 3.36. The van der Waals surface area contributed by atoms with E-state index in [0.29, 0.717) is 34.8 Å². The van der Waals surface area contributed by atoms with Crippen LogP contribution in [0.5, 0.6) is 5.75 Å². The van der Waals surface area contributed by atoms with Gasteiger partial charge >= 0.3 is 0 Å². The Hall–Kier alpha value is -4.53. The minimum Gasteiger partial charge on any atom is -0.489 e. The van der Waals surface area contributed by atoms with Crippen molar-refractivity contribution >= 4 is 17.5 Å². The zero-order valence-corrected chi connectivity index (χ0v) is 18.9. The molecule has 3 aromatic carbocycles. The molecule has 35 heavy (non-hydrogen) atoms. The third-order valence-electron chi connectivity index (χ3n) is 5.79. The van der Waals surface area contributed by atoms with E-state index < -0.39 is 11.9 Å². The number of amides is 2. The second-order valence-electron chi connectivity index (χ2n) is 8.16. The van der Waals surface area contributed by atoms with Gasteiger partial charge in [0.1, 0.15) is 30.0 Å². The summed E-state index contributed by atoms with van der Waals surface area (Å²) in [6, 6.07) is 20.3. The third kappa shape index (κ3) is 4.61. The van der Waals surface area contributed by atoms with Crippen molar-refractivity contribution in [3.05, 3.63) is 95.8 Å². The number of carbonyl (C=O) groups is 2. The SMILES string of the molecule is CN1C(=O)[C@@H](NC(=O)c2n[nH]c(Cc3ccccc3)n2)COc2ccc(-c3ccccc3F)cc21. The number of likely N-dealkylation sites (N-methyl/N-ethyl adjacent to an activating group) is 1. The number of H-pyrrole nitrogens is 1. The van der Waals surface area contributed by atoms with Crippen LogP contribution in [0, 0.1) is 5.82 Å². The molecule has 0 bridgehead atoms. The molecule has 9 heteroatoms. The lowest BCUT2D eigenvalue weighted by Crippen LogP contribution is -2.49. The van der Waals surface area contributed by atoms with Gasteiger partial charge in [0.05, 0.1) is 5.69 Å². The van der Waals surface area contributed by atoms with Crippen LogP contribution in [-0.2, 0) is 11.2 Å². The largest absolute Gasteiger partial charge is 0.489 e. The van der Waals surface area contributed by atoms with Gasteiger partial charge in [0.25, 0.3) is 11.8 Å². The Bertz CT molecular complexity index is 1390. The lowest BCUT2D eigenvalue weighted by atomic mass is 10.0. The zero-order valence-electron chi connectivity index (χ0n) is 18.9. The average molecular weight is 471 g/mol. The van der Waals surface area contributed by atoms with E-state index in [9.17, 15) is 14.0 Å². The Morgan fingerprint density at radius 1 is 1.14 bits per heavy atom. The van der Waals surface area contributed by atoms with E-state index in [1.807, 2.05) is 30.3 Å². The van der Waals surface area contributed by atoms with Gasteiger partial charge in [-0.25, -0.2) is 9.37 Å². The molecular weight excluding hydrogens is 449 g/mol. The van der Waals surface area contributed by atoms with E-state index in [1.165, 1.54) is 11.0 Å². The highest BCUT2D eigenvalue weighted by atomic mass is 19.1. The molecule has 1 aliphatic heterocycles. The Morgan fingerprint density at radius 2 is 1.91 bits per heavy atom. The second-order valence-corrected chi connectivity index (χ2v) is 8.16. The number of anilines is 1. The molecule has 0 aliphatic carbocycles. The van der Waals surface area contributed by atoms with Crippen molar-refractivity contribution in [2.75, 3.05) is 18.6 Å². The minimum absolute atomic E-state index is 0.0602. The first kappa shape index (κ1) is 22.3. The number of ether oxygens (including phenoxy) is 1. The van der Waals surface area contributed by atoms with Gasteiger partial charge in [0.15, 0.2) is 0 Å². The maximum atomic E-state index is 14.3. The molecule has 0 saturated heterocycles. The molecule has 2 heterocycles. The molecule has 5 rings (SSSR count). The summed E-state index contributed by atoms with van der Waals surface area (Å²) >= 11 is 0. The number of aromatic nitrogens is 3. The molecule has 4 aromatic rings. The van der Waals surface area contributed by atoms with Gasteiger partial charge < -0.3 is 15.0 Å². The summed E-state index contributed by atoms with van der Waals surface area (Å²) in [5.41, 5.74) is 2.54. The molecule has 0 fully saturated rings. The molecule has 1 atom stereocenters. The first-order chi connectivity index (χ1) is 17.0. The van der Waals surface area contributed by atoms with Crippen LogP contribution in [-0.4, -0.2) is 46.7 Å². The van der Waals surface area contributed by atoms with Gasteiger partial charge in [0.2, 0.25) is 5.82 Å². The molecule has 1 aliphatic rings. The van der Waals surface area contributed by atoms with Gasteiger partial charge in [-0.05, 0) is 29.3 Å². The highest BCUT2D eigenvalue weighted by Gasteiger charge is 2.32. The highest BCUT2D eigenvalue weighted by molar-refractivity contribution is 6.02. The zero-order chi connectivity index (χ0) is 24.4. The number of nitrogens with one attached hydrogen (secondary N) is 2. The highest BCUT2D eigenvalue weighted by Crippen LogP contribution is 2.35. The fraction of sp³-hybridized carbons (Fsp3) is 0.154. The summed E-state index contributed by atoms with van der Waals surface area (Å²) in [5.74, 6) is -0.387. The van der Waals surface area contributed by atoms with Crippen LogP contribution in [0.4, 0.5) is 10.1 Å². The lowest BCUT2D eigenvalue weighted by Gasteiger charge is -2.20. The van der Waals surface area contributed by atoms with Crippen molar-refractivity contribution in [2.24, 2.45) is 0 Å². The number of aromatic amines is 1. The van der Waals surface area contributed by atoms with Crippen molar-refractivity contribution in [3.63, 3.8) is 0 Å². The molecule has 2 N–H and O–H groups in total. The summed E-state index contributed by atoms with van der Waals surface area (Å²) in [7, 11) is 1.59. The van der Waals surface area contributed by atoms with E-state index in [4.69, 9.17) is 4.74 Å². The van der Waals surface area contributed by atoms with Crippen LogP contribution in [0.3, 0.4) is 0 Å². The third-order valence-corrected chi connectivity index (χ3v) is 5.79. The summed E-state index contributed by atoms with van der Waals surface area (Å²) in [6.45, 7) is -0.0672. The van der Waals surface area contributed by atoms with Crippen LogP contribution in [0.15, 0.2) is 72.8 Å². The Labute approximate surface area is 200 Å². The number of carbonyl (C=O) groups excluding carboxylic acids is 2. The van der Waals surface area contributed by atoms with Crippen LogP contribution in [0.1, 0.15) is 22.0 Å². The van der Waals surface area contributed by atoms with Crippen LogP contribution in [0.25, 0.3) is 11.1 Å². The normalized spacial score (nSPS) is 15.2. The second kappa shape index (κ2) is 9.38. The topological polar surface area (TPSA) is 100 Å². The molecule has 176 valence electrons. The quantitative estimate of drug-likeness (QED) is 0.465. The Kier molecular flexibility index (Phi) is 5.97. The molecule has 0 unspecified atom stereocenters. The van der Waals surface area contributed by atoms with Gasteiger partial charge in [-0.15, -0.1) is 5.10 Å². The molecule has 2 amide bonds. The first-order valence-corrected chi connectivity index (χ1v) is 11.0. The van der Waals surface area contributed by atoms with Crippen molar-refractivity contribution in [1.82, 2.24) is 20.5 Å². The van der Waals surface area contributed by atoms with Gasteiger partial charge in [-0.3, -0.25) is 14.7 Å². The molecule has 0 spiro atoms. The van der Waals surface area contributed by atoms with Gasteiger partial charge in [0, 0.05) is 19.0 Å². The fourth-order valence-corrected chi connectivity index (χ4v) is 3.95. The fourth-order valence-electron chi connectivity index (χ4n) is 3.95. The minimum atomic E-state index is -0.951. The molecule has 8 nitrogen and oxygen atoms in total. The Morgan fingerprint density at radius 3 is 2.71 bits per heavy atom. The maximum absolute atomic E-state index is 14.3. The summed E-state index contributed by atoms with van der Waals surface area (Å²) in [4.78, 5) is 31.6. The number of nitrogens with zero attached hydrogens (tertiary/aromatic N) is 3. The van der Waals surface area contributed by atoms with E-state index in [1.54, 1.807) is 43.4 Å². The molecule has 0 saturated carbocycles. The summed E-state index contributed by atoms with van der Waals surface area (Å²) in [6.07, 6.45) is 0.495. The molecule has 0 radical (unpaired) electrons. The van der Waals surface area contributed by atoms with Crippen LogP contribution < -0.4 is 15.0 Å². The van der Waals surface area contributed by atoms with Gasteiger partial charge in [-0.1, -0.05) is 54.6 Å². The van der Waals surface area contributed by atoms with E-state index >= 15 is 0 Å². The number of hydrogen-bond acceptors (Lipinski definition) is 5. The number of fused-ring (bicyclic) bond motifs is 1. The monoisotopic (exact) mass is 471 g/mol. The van der Waals surface area contributed by atoms with E-state index in [0.717, 1.165) is 5.56 Å². The van der Waals surface area contributed by atoms with Crippen LogP contribution in [0.2, 0.25) is 0 Å². The van der Waals surface area contributed by atoms with Crippen molar-refractivity contribution in [2.45, 2.75) is 12.5 Å². The van der Waals surface area contributed by atoms with Crippen molar-refractivity contribution in [3.8, 4) is 16.9 Å². The maximum Gasteiger partial charge on any atom is 0.291 e. The number of benzene rings is 3. The van der Waals surface area contributed by atoms with Crippen LogP contribution >= 0.6 is 0 Å². The van der Waals surface area contributed by atoms with Gasteiger partial charge in [-0.2, -0.15) is 0 Å². The van der Waals surface area contributed by atoms with E-state index in [2.05, 4.69) is 20.5 Å². The smallest absolute Gasteiger partial charge is 0.291 e. The Balaban J connectivity index is 1.31. The first-order valence-electron chi connectivity index (χ1n) is 11.0. The molecule has 1 aromatic heterocycles. The number of hydrogen-bond donors (Lipinski definition) is 2.